The molecule has 0 radical (unpaired) electrons. The van der Waals surface area contributed by atoms with E-state index in [-0.39, 0.29) is 30.8 Å². The molecule has 30 heavy (non-hydrogen) atoms. The number of rotatable bonds is 18. The highest BCUT2D eigenvalue weighted by molar-refractivity contribution is 5.79. The molecule has 170 valence electrons. The van der Waals surface area contributed by atoms with E-state index in [0.717, 1.165) is 25.0 Å². The summed E-state index contributed by atoms with van der Waals surface area (Å²) in [5.74, 6) is -0.613. The highest BCUT2D eigenvalue weighted by Crippen LogP contribution is 2.15. The second-order valence-corrected chi connectivity index (χ2v) is 7.03. The van der Waals surface area contributed by atoms with Crippen LogP contribution in [0, 0.1) is 5.92 Å². The lowest BCUT2D eigenvalue weighted by molar-refractivity contribution is -0.145. The summed E-state index contributed by atoms with van der Waals surface area (Å²) in [5, 5.41) is 2.86. The molecular formula is C23H37NO6. The van der Waals surface area contributed by atoms with Crippen molar-refractivity contribution in [2.75, 3.05) is 46.7 Å². The summed E-state index contributed by atoms with van der Waals surface area (Å²) in [5.41, 5.74) is 0.944. The van der Waals surface area contributed by atoms with E-state index in [4.69, 9.17) is 18.9 Å². The molecule has 0 aliphatic heterocycles. The lowest BCUT2D eigenvalue weighted by Crippen LogP contribution is -2.33. The van der Waals surface area contributed by atoms with Gasteiger partial charge in [-0.2, -0.15) is 0 Å². The molecule has 1 atom stereocenters. The number of benzene rings is 1. The number of amides is 1. The Morgan fingerprint density at radius 2 is 1.70 bits per heavy atom. The smallest absolute Gasteiger partial charge is 0.306 e. The van der Waals surface area contributed by atoms with Crippen LogP contribution in [0.5, 0.6) is 0 Å². The normalized spacial score (nSPS) is 11.8. The number of esters is 1. The Labute approximate surface area is 180 Å². The van der Waals surface area contributed by atoms with E-state index in [2.05, 4.69) is 12.2 Å². The molecule has 0 bridgehead atoms. The fourth-order valence-electron chi connectivity index (χ4n) is 2.83. The average molecular weight is 424 g/mol. The van der Waals surface area contributed by atoms with Crippen LogP contribution in [0.1, 0.15) is 44.6 Å². The van der Waals surface area contributed by atoms with Crippen molar-refractivity contribution in [3.63, 3.8) is 0 Å². The quantitative estimate of drug-likeness (QED) is 0.289. The minimum Gasteiger partial charge on any atom is -0.461 e. The molecule has 7 heteroatoms. The van der Waals surface area contributed by atoms with Crippen LogP contribution in [-0.4, -0.2) is 58.6 Å². The highest BCUT2D eigenvalue weighted by atomic mass is 16.5. The van der Waals surface area contributed by atoms with Crippen LogP contribution < -0.4 is 5.32 Å². The maximum Gasteiger partial charge on any atom is 0.306 e. The van der Waals surface area contributed by atoms with Gasteiger partial charge in [0.05, 0.1) is 19.8 Å². The molecule has 0 fully saturated rings. The van der Waals surface area contributed by atoms with Gasteiger partial charge in [0.2, 0.25) is 5.91 Å². The number of methoxy groups -OCH3 is 1. The van der Waals surface area contributed by atoms with Crippen molar-refractivity contribution in [2.45, 2.75) is 45.6 Å². The molecule has 1 N–H and O–H groups in total. The molecule has 1 unspecified atom stereocenters. The monoisotopic (exact) mass is 423 g/mol. The SMILES string of the molecule is CCCOCCOCCCC(CCC(=O)OCc1ccccc1)C(=O)NCCOC. The van der Waals surface area contributed by atoms with Gasteiger partial charge in [0, 0.05) is 39.2 Å². The number of hydrogen-bond donors (Lipinski definition) is 1. The van der Waals surface area contributed by atoms with Gasteiger partial charge in [-0.3, -0.25) is 9.59 Å². The van der Waals surface area contributed by atoms with Gasteiger partial charge in [-0.05, 0) is 31.2 Å². The van der Waals surface area contributed by atoms with Gasteiger partial charge in [0.1, 0.15) is 6.61 Å². The van der Waals surface area contributed by atoms with Crippen molar-refractivity contribution in [1.29, 1.82) is 0 Å². The number of ether oxygens (including phenoxy) is 4. The van der Waals surface area contributed by atoms with Gasteiger partial charge in [-0.25, -0.2) is 0 Å². The second-order valence-electron chi connectivity index (χ2n) is 7.03. The molecular weight excluding hydrogens is 386 g/mol. The van der Waals surface area contributed by atoms with Crippen LogP contribution in [0.15, 0.2) is 30.3 Å². The Morgan fingerprint density at radius 3 is 2.40 bits per heavy atom. The molecule has 1 amide bonds. The van der Waals surface area contributed by atoms with Crippen LogP contribution in [0.2, 0.25) is 0 Å². The first-order chi connectivity index (χ1) is 14.7. The minimum atomic E-state index is -0.294. The summed E-state index contributed by atoms with van der Waals surface area (Å²) < 4.78 is 21.2. The first-order valence-corrected chi connectivity index (χ1v) is 10.8. The zero-order valence-electron chi connectivity index (χ0n) is 18.4. The molecule has 1 rings (SSSR count). The van der Waals surface area contributed by atoms with Crippen LogP contribution in [0.4, 0.5) is 0 Å². The van der Waals surface area contributed by atoms with Gasteiger partial charge in [0.25, 0.3) is 0 Å². The maximum atomic E-state index is 12.5. The van der Waals surface area contributed by atoms with Crippen molar-refractivity contribution in [3.8, 4) is 0 Å². The van der Waals surface area contributed by atoms with E-state index < -0.39 is 0 Å². The molecule has 0 aliphatic carbocycles. The van der Waals surface area contributed by atoms with Crippen LogP contribution in [0.3, 0.4) is 0 Å². The van der Waals surface area contributed by atoms with E-state index in [1.165, 1.54) is 0 Å². The summed E-state index contributed by atoms with van der Waals surface area (Å²) >= 11 is 0. The zero-order valence-corrected chi connectivity index (χ0v) is 18.4. The fraction of sp³-hybridized carbons (Fsp3) is 0.652. The average Bonchev–Trinajstić information content (AvgIpc) is 2.77. The maximum absolute atomic E-state index is 12.5. The predicted octanol–water partition coefficient (Wildman–Crippen LogP) is 3.11. The van der Waals surface area contributed by atoms with E-state index in [0.29, 0.717) is 45.8 Å². The minimum absolute atomic E-state index is 0.0609. The van der Waals surface area contributed by atoms with Crippen molar-refractivity contribution >= 4 is 11.9 Å². The highest BCUT2D eigenvalue weighted by Gasteiger charge is 2.19. The summed E-state index contributed by atoms with van der Waals surface area (Å²) in [6, 6.07) is 9.54. The van der Waals surface area contributed by atoms with Crippen LogP contribution >= 0.6 is 0 Å². The largest absolute Gasteiger partial charge is 0.461 e. The standard InChI is InChI=1S/C23H37NO6/c1-3-14-28-17-18-29-15-7-10-21(23(26)24-13-16-27-2)11-12-22(25)30-19-20-8-5-4-6-9-20/h4-6,8-9,21H,3,7,10-19H2,1-2H3,(H,24,26). The summed E-state index contributed by atoms with van der Waals surface area (Å²) in [7, 11) is 1.59. The zero-order chi connectivity index (χ0) is 21.9. The number of carbonyl (C=O) groups is 2. The number of nitrogens with one attached hydrogen (secondary N) is 1. The first kappa shape index (κ1) is 26.1. The van der Waals surface area contributed by atoms with Crippen LogP contribution in [-0.2, 0) is 35.1 Å². The molecule has 0 heterocycles. The molecule has 0 spiro atoms. The molecule has 0 aliphatic rings. The topological polar surface area (TPSA) is 83.1 Å². The predicted molar refractivity (Wildman–Crippen MR) is 115 cm³/mol. The molecule has 1 aromatic carbocycles. The van der Waals surface area contributed by atoms with Gasteiger partial charge >= 0.3 is 5.97 Å². The molecule has 1 aromatic rings. The fourth-order valence-corrected chi connectivity index (χ4v) is 2.83. The third-order valence-electron chi connectivity index (χ3n) is 4.48. The van der Waals surface area contributed by atoms with Crippen LogP contribution in [0.25, 0.3) is 0 Å². The van der Waals surface area contributed by atoms with Gasteiger partial charge in [-0.1, -0.05) is 37.3 Å². The van der Waals surface area contributed by atoms with Crippen molar-refractivity contribution in [1.82, 2.24) is 5.32 Å². The lowest BCUT2D eigenvalue weighted by atomic mass is 9.96. The Hall–Kier alpha value is -1.96. The Balaban J connectivity index is 2.33. The number of hydrogen-bond acceptors (Lipinski definition) is 6. The molecule has 0 saturated heterocycles. The summed E-state index contributed by atoms with van der Waals surface area (Å²) in [4.78, 5) is 24.6. The number of carbonyl (C=O) groups excluding carboxylic acids is 2. The Morgan fingerprint density at radius 1 is 0.967 bits per heavy atom. The van der Waals surface area contributed by atoms with E-state index >= 15 is 0 Å². The Bertz CT molecular complexity index is 566. The van der Waals surface area contributed by atoms with E-state index in [1.54, 1.807) is 7.11 Å². The second kappa shape index (κ2) is 17.9. The van der Waals surface area contributed by atoms with Gasteiger partial charge < -0.3 is 24.3 Å². The van der Waals surface area contributed by atoms with E-state index in [9.17, 15) is 9.59 Å². The lowest BCUT2D eigenvalue weighted by Gasteiger charge is -2.16. The molecule has 0 aromatic heterocycles. The van der Waals surface area contributed by atoms with Gasteiger partial charge in [0.15, 0.2) is 0 Å². The van der Waals surface area contributed by atoms with Crippen molar-refractivity contribution in [2.24, 2.45) is 5.92 Å². The first-order valence-electron chi connectivity index (χ1n) is 10.8. The van der Waals surface area contributed by atoms with Crippen molar-refractivity contribution < 1.29 is 28.5 Å². The molecule has 7 nitrogen and oxygen atoms in total. The molecule has 0 saturated carbocycles. The third-order valence-corrected chi connectivity index (χ3v) is 4.48. The van der Waals surface area contributed by atoms with Gasteiger partial charge in [-0.15, -0.1) is 0 Å². The third kappa shape index (κ3) is 13.3. The Kier molecular flexibility index (Phi) is 15.5. The summed E-state index contributed by atoms with van der Waals surface area (Å²) in [6.45, 7) is 5.67. The summed E-state index contributed by atoms with van der Waals surface area (Å²) in [6.07, 6.45) is 3.05. The van der Waals surface area contributed by atoms with E-state index in [1.807, 2.05) is 30.3 Å². The van der Waals surface area contributed by atoms with Crippen molar-refractivity contribution in [3.05, 3.63) is 35.9 Å².